The third-order valence-electron chi connectivity index (χ3n) is 2.71. The summed E-state index contributed by atoms with van der Waals surface area (Å²) in [6.45, 7) is -1.38. The monoisotopic (exact) mass is 335 g/mol. The molecular weight excluding hydrogens is 328 g/mol. The number of nitrogens with one attached hydrogen (secondary N) is 1. The number of benzene rings is 1. The number of rotatable bonds is 1. The quantitative estimate of drug-likeness (QED) is 0.795. The molecule has 0 spiro atoms. The largest absolute Gasteiger partial charge is 0.443 e. The molecule has 10 heteroatoms. The van der Waals surface area contributed by atoms with Crippen LogP contribution >= 0.6 is 12.4 Å². The van der Waals surface area contributed by atoms with E-state index in [2.05, 4.69) is 4.74 Å². The second kappa shape index (κ2) is 5.63. The molecule has 1 aliphatic rings. The summed E-state index contributed by atoms with van der Waals surface area (Å²) in [6.07, 6.45) is -6.25. The lowest BCUT2D eigenvalue weighted by Crippen LogP contribution is -2.50. The topological polar surface area (TPSA) is 38.3 Å². The summed E-state index contributed by atoms with van der Waals surface area (Å²) in [5.74, 6) is -4.91. The highest BCUT2D eigenvalue weighted by molar-refractivity contribution is 5.85. The highest BCUT2D eigenvalue weighted by atomic mass is 35.5. The van der Waals surface area contributed by atoms with E-state index in [4.69, 9.17) is 0 Å². The Kier molecular flexibility index (Phi) is 4.66. The van der Waals surface area contributed by atoms with Gasteiger partial charge in [0, 0.05) is 0 Å². The molecule has 0 saturated carbocycles. The van der Waals surface area contributed by atoms with Crippen molar-refractivity contribution in [3.05, 3.63) is 35.1 Å². The Morgan fingerprint density at radius 3 is 2.48 bits per heavy atom. The Morgan fingerprint density at radius 2 is 1.90 bits per heavy atom. The van der Waals surface area contributed by atoms with Gasteiger partial charge in [-0.15, -0.1) is 12.4 Å². The minimum Gasteiger partial charge on any atom is -0.443 e. The van der Waals surface area contributed by atoms with E-state index < -0.39 is 47.8 Å². The Balaban J connectivity index is 0.00000220. The molecule has 2 rings (SSSR count). The molecule has 3 nitrogen and oxygen atoms in total. The van der Waals surface area contributed by atoms with Crippen LogP contribution in [0.5, 0.6) is 0 Å². The molecule has 1 heterocycles. The van der Waals surface area contributed by atoms with Crippen LogP contribution in [-0.2, 0) is 10.9 Å². The number of alkyl halides is 5. The normalized spacial score (nSPS) is 21.0. The Labute approximate surface area is 120 Å². The third-order valence-corrected chi connectivity index (χ3v) is 2.71. The number of alkyl carbamates (subject to hydrolysis) is 1. The van der Waals surface area contributed by atoms with Crippen LogP contribution in [0.3, 0.4) is 0 Å². The van der Waals surface area contributed by atoms with Crippen molar-refractivity contribution in [3.8, 4) is 0 Å². The molecule has 0 aromatic heterocycles. The van der Waals surface area contributed by atoms with Gasteiger partial charge in [-0.1, -0.05) is 0 Å². The number of carbonyl (C=O) groups is 1. The van der Waals surface area contributed by atoms with Crippen molar-refractivity contribution in [3.63, 3.8) is 0 Å². The fourth-order valence-corrected chi connectivity index (χ4v) is 1.85. The summed E-state index contributed by atoms with van der Waals surface area (Å²) in [5, 5.41) is 1.58. The Morgan fingerprint density at radius 1 is 1.29 bits per heavy atom. The van der Waals surface area contributed by atoms with Crippen molar-refractivity contribution in [2.75, 3.05) is 6.61 Å². The molecule has 0 bridgehead atoms. The van der Waals surface area contributed by atoms with Crippen molar-refractivity contribution in [1.82, 2.24) is 5.32 Å². The average Bonchev–Trinajstić information content (AvgIpc) is 2.30. The number of cyclic esters (lactones) is 1. The molecule has 0 radical (unpaired) electrons. The second-order valence-electron chi connectivity index (χ2n) is 4.14. The van der Waals surface area contributed by atoms with Crippen LogP contribution in [0.15, 0.2) is 18.2 Å². The second-order valence-corrected chi connectivity index (χ2v) is 4.14. The summed E-state index contributed by atoms with van der Waals surface area (Å²) >= 11 is 0. The minimum atomic E-state index is -4.96. The average molecular weight is 336 g/mol. The van der Waals surface area contributed by atoms with Gasteiger partial charge < -0.3 is 10.1 Å². The van der Waals surface area contributed by atoms with Gasteiger partial charge >= 0.3 is 18.2 Å². The van der Waals surface area contributed by atoms with E-state index in [0.29, 0.717) is 18.2 Å². The van der Waals surface area contributed by atoms with Crippen LogP contribution in [0.4, 0.5) is 31.1 Å². The smallest absolute Gasteiger partial charge is 0.416 e. The van der Waals surface area contributed by atoms with Crippen LogP contribution in [0.25, 0.3) is 0 Å². The van der Waals surface area contributed by atoms with E-state index in [1.165, 1.54) is 0 Å². The molecule has 1 aromatic rings. The summed E-state index contributed by atoms with van der Waals surface area (Å²) in [5.41, 5.74) is -2.48. The van der Waals surface area contributed by atoms with Crippen LogP contribution in [0.1, 0.15) is 17.2 Å². The molecule has 0 aliphatic carbocycles. The SMILES string of the molecule is Cl.O=C1N[C@H](c2cc(F)ccc2C(F)(F)F)C(F)(F)CO1. The van der Waals surface area contributed by atoms with Gasteiger partial charge in [0.25, 0.3) is 0 Å². The fourth-order valence-electron chi connectivity index (χ4n) is 1.85. The lowest BCUT2D eigenvalue weighted by atomic mass is 9.94. The third kappa shape index (κ3) is 3.52. The predicted octanol–water partition coefficient (Wildman–Crippen LogP) is 3.68. The Bertz CT molecular complexity index is 548. The highest BCUT2D eigenvalue weighted by Crippen LogP contribution is 2.41. The highest BCUT2D eigenvalue weighted by Gasteiger charge is 2.50. The van der Waals surface area contributed by atoms with E-state index >= 15 is 0 Å². The molecule has 1 aliphatic heterocycles. The van der Waals surface area contributed by atoms with Gasteiger partial charge in [0.1, 0.15) is 11.9 Å². The van der Waals surface area contributed by atoms with Gasteiger partial charge in [0.05, 0.1) is 5.56 Å². The summed E-state index contributed by atoms with van der Waals surface area (Å²) in [6, 6.07) is -1.13. The van der Waals surface area contributed by atoms with Crippen molar-refractivity contribution >= 4 is 18.5 Å². The van der Waals surface area contributed by atoms with Crippen molar-refractivity contribution in [2.45, 2.75) is 18.1 Å². The zero-order valence-corrected chi connectivity index (χ0v) is 10.8. The van der Waals surface area contributed by atoms with Crippen LogP contribution in [0.2, 0.25) is 0 Å². The maximum Gasteiger partial charge on any atom is 0.416 e. The zero-order valence-electron chi connectivity index (χ0n) is 10.0. The van der Waals surface area contributed by atoms with Crippen LogP contribution in [0, 0.1) is 5.82 Å². The summed E-state index contributed by atoms with van der Waals surface area (Å²) < 4.78 is 82.6. The molecule has 0 unspecified atom stereocenters. The van der Waals surface area contributed by atoms with E-state index in [-0.39, 0.29) is 12.4 Å². The van der Waals surface area contributed by atoms with Gasteiger partial charge in [-0.05, 0) is 23.8 Å². The van der Waals surface area contributed by atoms with Gasteiger partial charge in [-0.2, -0.15) is 13.2 Å². The number of carbonyl (C=O) groups excluding carboxylic acids is 1. The molecular formula is C11H8ClF6NO2. The first-order valence-electron chi connectivity index (χ1n) is 5.29. The number of ether oxygens (including phenoxy) is 1. The minimum absolute atomic E-state index is 0. The molecule has 1 N–H and O–H groups in total. The van der Waals surface area contributed by atoms with Gasteiger partial charge in [0.15, 0.2) is 6.61 Å². The lowest BCUT2D eigenvalue weighted by molar-refractivity contribution is -0.141. The number of hydrogen-bond acceptors (Lipinski definition) is 2. The predicted molar refractivity (Wildman–Crippen MR) is 60.8 cm³/mol. The molecule has 1 fully saturated rings. The van der Waals surface area contributed by atoms with Crippen molar-refractivity contribution in [2.24, 2.45) is 0 Å². The van der Waals surface area contributed by atoms with Crippen molar-refractivity contribution in [1.29, 1.82) is 0 Å². The Hall–Kier alpha value is -1.64. The molecule has 1 atom stereocenters. The first-order chi connectivity index (χ1) is 9.11. The lowest BCUT2D eigenvalue weighted by Gasteiger charge is -2.33. The summed E-state index contributed by atoms with van der Waals surface area (Å²) in [4.78, 5) is 10.9. The first kappa shape index (κ1) is 17.4. The van der Waals surface area contributed by atoms with E-state index in [1.807, 2.05) is 0 Å². The van der Waals surface area contributed by atoms with Crippen LogP contribution < -0.4 is 5.32 Å². The zero-order chi connectivity index (χ0) is 15.1. The molecule has 118 valence electrons. The first-order valence-corrected chi connectivity index (χ1v) is 5.29. The maximum atomic E-state index is 13.6. The maximum absolute atomic E-state index is 13.6. The standard InChI is InChI=1S/C11H7F6NO2.ClH/c12-5-1-2-7(11(15,16)17)6(3-5)8-10(13,14)4-20-9(19)18-8;/h1-3,8H,4H2,(H,18,19);1H/t8-;/m1./s1. The van der Waals surface area contributed by atoms with Gasteiger partial charge in [-0.25, -0.2) is 18.0 Å². The van der Waals surface area contributed by atoms with E-state index in [0.717, 1.165) is 0 Å². The van der Waals surface area contributed by atoms with Gasteiger partial charge in [0.2, 0.25) is 0 Å². The number of hydrogen-bond donors (Lipinski definition) is 1. The van der Waals surface area contributed by atoms with Gasteiger partial charge in [-0.3, -0.25) is 0 Å². The molecule has 1 saturated heterocycles. The molecule has 1 amide bonds. The number of amides is 1. The van der Waals surface area contributed by atoms with E-state index in [1.54, 1.807) is 5.32 Å². The van der Waals surface area contributed by atoms with E-state index in [9.17, 15) is 31.1 Å². The molecule has 1 aromatic carbocycles. The number of halogens is 7. The fraction of sp³-hybridized carbons (Fsp3) is 0.364. The van der Waals surface area contributed by atoms with Crippen LogP contribution in [-0.4, -0.2) is 18.6 Å². The molecule has 21 heavy (non-hydrogen) atoms. The van der Waals surface area contributed by atoms with Crippen molar-refractivity contribution < 1.29 is 35.9 Å². The summed E-state index contributed by atoms with van der Waals surface area (Å²) in [7, 11) is 0.